The average molecular weight is 357 g/mol. The first-order valence-electron chi connectivity index (χ1n) is 7.56. The Hall–Kier alpha value is -2.28. The molecule has 0 heterocycles. The second kappa shape index (κ2) is 11.3. The minimum Gasteiger partial charge on any atom is -0.389 e. The maximum absolute atomic E-state index is 13.1. The lowest BCUT2D eigenvalue weighted by Gasteiger charge is -2.23. The number of allylic oxidation sites excluding steroid dienone is 6. The number of nitrogens with one attached hydrogen (secondary N) is 2. The van der Waals surface area contributed by atoms with Crippen LogP contribution in [0.3, 0.4) is 0 Å². The summed E-state index contributed by atoms with van der Waals surface area (Å²) in [5.41, 5.74) is 0.204. The molecule has 0 aliphatic rings. The molecule has 0 rings (SSSR count). The van der Waals surface area contributed by atoms with Crippen LogP contribution in [0.4, 0.5) is 13.2 Å². The van der Waals surface area contributed by atoms with Gasteiger partial charge in [-0.2, -0.15) is 13.2 Å². The second-order valence-corrected chi connectivity index (χ2v) is 5.23. The maximum Gasteiger partial charge on any atom is 0.416 e. The Kier molecular flexibility index (Phi) is 10.3. The van der Waals surface area contributed by atoms with Gasteiger partial charge in [-0.25, -0.2) is 0 Å². The predicted molar refractivity (Wildman–Crippen MR) is 96.6 cm³/mol. The van der Waals surface area contributed by atoms with E-state index in [0.717, 1.165) is 12.2 Å². The van der Waals surface area contributed by atoms with Gasteiger partial charge in [-0.15, -0.1) is 0 Å². The first-order valence-corrected chi connectivity index (χ1v) is 7.56. The Bertz CT molecular complexity index is 548. The van der Waals surface area contributed by atoms with Crippen LogP contribution >= 0.6 is 0 Å². The predicted octanol–water partition coefficient (Wildman–Crippen LogP) is 3.82. The summed E-state index contributed by atoms with van der Waals surface area (Å²) in [6.45, 7) is 7.51. The van der Waals surface area contributed by atoms with Crippen molar-refractivity contribution in [3.8, 4) is 0 Å². The van der Waals surface area contributed by atoms with Gasteiger partial charge in [0.05, 0.1) is 18.2 Å². The van der Waals surface area contributed by atoms with E-state index in [9.17, 15) is 13.2 Å². The number of ether oxygens (including phenoxy) is 1. The van der Waals surface area contributed by atoms with Gasteiger partial charge in [0, 0.05) is 39.3 Å². The Morgan fingerprint density at radius 2 is 2.00 bits per heavy atom. The molecule has 0 bridgehead atoms. The summed E-state index contributed by atoms with van der Waals surface area (Å²) in [5.74, 6) is 0. The largest absolute Gasteiger partial charge is 0.416 e. The molecule has 0 radical (unpaired) electrons. The van der Waals surface area contributed by atoms with Gasteiger partial charge in [-0.1, -0.05) is 25.3 Å². The molecule has 0 aromatic rings. The van der Waals surface area contributed by atoms with Crippen LogP contribution in [0.1, 0.15) is 6.42 Å². The summed E-state index contributed by atoms with van der Waals surface area (Å²) in [7, 11) is 4.83. The number of rotatable bonds is 11. The summed E-state index contributed by atoms with van der Waals surface area (Å²) >= 11 is 0. The number of nitrogens with zero attached hydrogens (tertiary/aromatic N) is 1. The highest BCUT2D eigenvalue weighted by Gasteiger charge is 2.31. The number of hydrogen-bond acceptors (Lipinski definition) is 4. The maximum atomic E-state index is 13.1. The lowest BCUT2D eigenvalue weighted by molar-refractivity contribution is -0.0883. The minimum absolute atomic E-state index is 0.0523. The van der Waals surface area contributed by atoms with Crippen molar-refractivity contribution in [2.45, 2.75) is 18.6 Å². The summed E-state index contributed by atoms with van der Waals surface area (Å²) < 4.78 is 44.3. The zero-order valence-electron chi connectivity index (χ0n) is 14.9. The Morgan fingerprint density at radius 1 is 1.36 bits per heavy atom. The zero-order valence-corrected chi connectivity index (χ0v) is 14.9. The quantitative estimate of drug-likeness (QED) is 0.437. The number of methoxy groups -OCH3 is 1. The van der Waals surface area contributed by atoms with Crippen LogP contribution in [0.2, 0.25) is 0 Å². The zero-order chi connectivity index (χ0) is 19.5. The van der Waals surface area contributed by atoms with Crippen LogP contribution in [0.15, 0.2) is 60.5 Å². The molecule has 0 saturated carbocycles. The molecule has 0 saturated heterocycles. The highest BCUT2D eigenvalue weighted by Crippen LogP contribution is 2.28. The highest BCUT2D eigenvalue weighted by molar-refractivity contribution is 5.61. The van der Waals surface area contributed by atoms with Crippen molar-refractivity contribution >= 4 is 6.21 Å². The van der Waals surface area contributed by atoms with Crippen molar-refractivity contribution in [3.05, 3.63) is 60.5 Å². The molecule has 0 amide bonds. The van der Waals surface area contributed by atoms with Gasteiger partial charge in [0.15, 0.2) is 0 Å². The lowest BCUT2D eigenvalue weighted by Crippen LogP contribution is -2.32. The molecule has 140 valence electrons. The number of likely N-dealkylation sites (N-methyl/N-ethyl adjacent to an activating group) is 2. The normalized spacial score (nSPS) is 14.3. The van der Waals surface area contributed by atoms with Crippen LogP contribution in [0.25, 0.3) is 0 Å². The molecule has 25 heavy (non-hydrogen) atoms. The molecule has 4 nitrogen and oxygen atoms in total. The second-order valence-electron chi connectivity index (χ2n) is 5.23. The van der Waals surface area contributed by atoms with E-state index < -0.39 is 11.7 Å². The molecule has 1 atom stereocenters. The molecule has 7 heteroatoms. The standard InChI is InChI=1S/C18H26F3N3O/c1-6-15(12-24(4)17(11-22)13-25-5)8-10-16(18(19,20)21)9-7-14(2)23-3/h6-7,9-12,17,22-23H,1-2,8,13H2,3-5H3/b9-7-,15-12+,16-10+,22-11?. The third-order valence-corrected chi connectivity index (χ3v) is 3.35. The third-order valence-electron chi connectivity index (χ3n) is 3.35. The van der Waals surface area contributed by atoms with Gasteiger partial charge in [0.2, 0.25) is 0 Å². The summed E-state index contributed by atoms with van der Waals surface area (Å²) in [4.78, 5) is 1.70. The summed E-state index contributed by atoms with van der Waals surface area (Å²) in [5, 5.41) is 10.0. The lowest BCUT2D eigenvalue weighted by atomic mass is 10.1. The van der Waals surface area contributed by atoms with E-state index in [1.165, 1.54) is 25.5 Å². The SMILES string of the molecule is C=C/C(=C\N(C)C(C=N)COC)C/C=C(\C=C/C(=C)NC)C(F)(F)F. The Labute approximate surface area is 147 Å². The molecule has 0 aliphatic carbocycles. The number of alkyl halides is 3. The number of halogens is 3. The van der Waals surface area contributed by atoms with Crippen molar-refractivity contribution in [3.63, 3.8) is 0 Å². The van der Waals surface area contributed by atoms with E-state index >= 15 is 0 Å². The fourth-order valence-electron chi connectivity index (χ4n) is 1.78. The first kappa shape index (κ1) is 22.7. The van der Waals surface area contributed by atoms with Gasteiger partial charge < -0.3 is 20.4 Å². The van der Waals surface area contributed by atoms with Crippen molar-refractivity contribution in [2.75, 3.05) is 27.8 Å². The van der Waals surface area contributed by atoms with Crippen molar-refractivity contribution < 1.29 is 17.9 Å². The molecular formula is C18H26F3N3O. The van der Waals surface area contributed by atoms with Gasteiger partial charge in [-0.3, -0.25) is 0 Å². The minimum atomic E-state index is -4.46. The molecule has 1 unspecified atom stereocenters. The number of hydrogen-bond donors (Lipinski definition) is 2. The molecular weight excluding hydrogens is 331 g/mol. The fraction of sp³-hybridized carbons (Fsp3) is 0.389. The van der Waals surface area contributed by atoms with Gasteiger partial charge in [0.25, 0.3) is 0 Å². The van der Waals surface area contributed by atoms with Gasteiger partial charge in [-0.05, 0) is 24.1 Å². The van der Waals surface area contributed by atoms with E-state index in [1.54, 1.807) is 25.2 Å². The van der Waals surface area contributed by atoms with Crippen LogP contribution < -0.4 is 5.32 Å². The third kappa shape index (κ3) is 8.95. The van der Waals surface area contributed by atoms with Gasteiger partial charge >= 0.3 is 6.18 Å². The van der Waals surface area contributed by atoms with Crippen LogP contribution in [-0.2, 0) is 4.74 Å². The smallest absolute Gasteiger partial charge is 0.389 e. The fourth-order valence-corrected chi connectivity index (χ4v) is 1.78. The molecule has 2 N–H and O–H groups in total. The van der Waals surface area contributed by atoms with Crippen molar-refractivity contribution in [1.82, 2.24) is 10.2 Å². The summed E-state index contributed by atoms with van der Waals surface area (Å²) in [6, 6.07) is -0.301. The summed E-state index contributed by atoms with van der Waals surface area (Å²) in [6.07, 6.45) is 3.29. The van der Waals surface area contributed by atoms with Crippen molar-refractivity contribution in [2.24, 2.45) is 0 Å². The van der Waals surface area contributed by atoms with E-state index in [1.807, 2.05) is 0 Å². The van der Waals surface area contributed by atoms with E-state index in [2.05, 4.69) is 18.5 Å². The average Bonchev–Trinajstić information content (AvgIpc) is 2.56. The Morgan fingerprint density at radius 3 is 2.44 bits per heavy atom. The topological polar surface area (TPSA) is 48.4 Å². The Balaban J connectivity index is 5.35. The molecule has 0 spiro atoms. The van der Waals surface area contributed by atoms with Crippen LogP contribution in [-0.4, -0.2) is 51.1 Å². The van der Waals surface area contributed by atoms with E-state index in [-0.39, 0.29) is 12.5 Å². The van der Waals surface area contributed by atoms with Crippen LogP contribution in [0.5, 0.6) is 0 Å². The monoisotopic (exact) mass is 357 g/mol. The van der Waals surface area contributed by atoms with Crippen molar-refractivity contribution in [1.29, 1.82) is 5.41 Å². The molecule has 0 aromatic heterocycles. The van der Waals surface area contributed by atoms with E-state index in [4.69, 9.17) is 10.1 Å². The molecule has 0 fully saturated rings. The highest BCUT2D eigenvalue weighted by atomic mass is 19.4. The van der Waals surface area contributed by atoms with Gasteiger partial charge in [0.1, 0.15) is 0 Å². The first-order chi connectivity index (χ1) is 11.7. The molecule has 0 aliphatic heterocycles. The van der Waals surface area contributed by atoms with E-state index in [0.29, 0.717) is 17.9 Å². The molecule has 0 aromatic carbocycles. The van der Waals surface area contributed by atoms with Crippen LogP contribution in [0, 0.1) is 5.41 Å².